The molecular formula is C12H10Cl2N6. The lowest BCUT2D eigenvalue weighted by atomic mass is 10.3. The predicted octanol–water partition coefficient (Wildman–Crippen LogP) is 3.45. The minimum Gasteiger partial charge on any atom is -0.357 e. The van der Waals surface area contributed by atoms with Crippen molar-refractivity contribution in [2.24, 2.45) is 0 Å². The van der Waals surface area contributed by atoms with Crippen LogP contribution in [0, 0.1) is 0 Å². The maximum Gasteiger partial charge on any atom is 0.226 e. The lowest BCUT2D eigenvalue weighted by Gasteiger charge is -2.10. The number of hydrogen-bond acceptors (Lipinski definition) is 5. The first-order valence-electron chi connectivity index (χ1n) is 5.79. The monoisotopic (exact) mass is 308 g/mol. The SMILES string of the molecule is CNc1nc(Nc2cccc(Cl)c2Cl)c2cn[nH]c2n1. The van der Waals surface area contributed by atoms with Crippen molar-refractivity contribution in [1.29, 1.82) is 0 Å². The van der Waals surface area contributed by atoms with Crippen LogP contribution in [0.4, 0.5) is 17.5 Å². The van der Waals surface area contributed by atoms with Crippen molar-refractivity contribution in [3.8, 4) is 0 Å². The Bertz CT molecular complexity index is 770. The Morgan fingerprint density at radius 2 is 2.05 bits per heavy atom. The molecule has 2 heterocycles. The second kappa shape index (κ2) is 5.15. The minimum absolute atomic E-state index is 0.440. The Hall–Kier alpha value is -2.05. The molecule has 0 amide bonds. The van der Waals surface area contributed by atoms with Gasteiger partial charge in [-0.3, -0.25) is 5.10 Å². The fourth-order valence-corrected chi connectivity index (χ4v) is 2.12. The largest absolute Gasteiger partial charge is 0.357 e. The molecule has 1 aromatic carbocycles. The third-order valence-electron chi connectivity index (χ3n) is 2.74. The number of benzene rings is 1. The Morgan fingerprint density at radius 3 is 2.85 bits per heavy atom. The normalized spacial score (nSPS) is 10.8. The van der Waals surface area contributed by atoms with E-state index >= 15 is 0 Å². The maximum absolute atomic E-state index is 6.16. The van der Waals surface area contributed by atoms with Gasteiger partial charge < -0.3 is 10.6 Å². The average Bonchev–Trinajstić information content (AvgIpc) is 2.92. The third-order valence-corrected chi connectivity index (χ3v) is 3.56. The molecule has 0 aliphatic rings. The van der Waals surface area contributed by atoms with E-state index in [4.69, 9.17) is 23.2 Å². The molecule has 0 fully saturated rings. The van der Waals surface area contributed by atoms with Crippen molar-refractivity contribution in [3.63, 3.8) is 0 Å². The molecule has 3 N–H and O–H groups in total. The van der Waals surface area contributed by atoms with Crippen LogP contribution in [0.5, 0.6) is 0 Å². The molecule has 8 heteroatoms. The summed E-state index contributed by atoms with van der Waals surface area (Å²) in [6, 6.07) is 5.35. The van der Waals surface area contributed by atoms with Crippen LogP contribution in [0.3, 0.4) is 0 Å². The van der Waals surface area contributed by atoms with Crippen LogP contribution in [0.2, 0.25) is 10.0 Å². The van der Waals surface area contributed by atoms with Gasteiger partial charge in [-0.2, -0.15) is 15.1 Å². The number of nitrogens with one attached hydrogen (secondary N) is 3. The smallest absolute Gasteiger partial charge is 0.226 e. The molecule has 0 saturated carbocycles. The summed E-state index contributed by atoms with van der Waals surface area (Å²) in [4.78, 5) is 8.62. The van der Waals surface area contributed by atoms with Gasteiger partial charge in [-0.1, -0.05) is 29.3 Å². The first-order chi connectivity index (χ1) is 9.69. The van der Waals surface area contributed by atoms with Gasteiger partial charge >= 0.3 is 0 Å². The molecule has 0 radical (unpaired) electrons. The molecule has 0 atom stereocenters. The van der Waals surface area contributed by atoms with Gasteiger partial charge in [0, 0.05) is 7.05 Å². The predicted molar refractivity (Wildman–Crippen MR) is 81.0 cm³/mol. The molecule has 3 aromatic rings. The zero-order valence-electron chi connectivity index (χ0n) is 10.4. The number of nitrogens with zero attached hydrogens (tertiary/aromatic N) is 3. The molecule has 3 rings (SSSR count). The molecule has 20 heavy (non-hydrogen) atoms. The van der Waals surface area contributed by atoms with Gasteiger partial charge in [0.2, 0.25) is 5.95 Å². The van der Waals surface area contributed by atoms with Crippen molar-refractivity contribution in [2.45, 2.75) is 0 Å². The minimum atomic E-state index is 0.440. The number of halogens is 2. The first-order valence-corrected chi connectivity index (χ1v) is 6.54. The molecule has 6 nitrogen and oxygen atoms in total. The molecule has 0 aliphatic carbocycles. The topological polar surface area (TPSA) is 78.5 Å². The summed E-state index contributed by atoms with van der Waals surface area (Å²) in [7, 11) is 1.74. The second-order valence-electron chi connectivity index (χ2n) is 4.00. The summed E-state index contributed by atoms with van der Waals surface area (Å²) in [6.07, 6.45) is 1.65. The average molecular weight is 309 g/mol. The Balaban J connectivity index is 2.10. The van der Waals surface area contributed by atoms with E-state index < -0.39 is 0 Å². The van der Waals surface area contributed by atoms with Gasteiger partial charge in [0.25, 0.3) is 0 Å². The van der Waals surface area contributed by atoms with Crippen LogP contribution < -0.4 is 10.6 Å². The van der Waals surface area contributed by atoms with E-state index in [0.29, 0.717) is 33.1 Å². The van der Waals surface area contributed by atoms with Gasteiger partial charge in [-0.05, 0) is 12.1 Å². The van der Waals surface area contributed by atoms with Gasteiger partial charge in [0.1, 0.15) is 5.82 Å². The van der Waals surface area contributed by atoms with E-state index in [9.17, 15) is 0 Å². The Morgan fingerprint density at radius 1 is 1.20 bits per heavy atom. The van der Waals surface area contributed by atoms with E-state index in [2.05, 4.69) is 30.8 Å². The van der Waals surface area contributed by atoms with Crippen LogP contribution in [0.25, 0.3) is 11.0 Å². The van der Waals surface area contributed by atoms with Crippen molar-refractivity contribution in [3.05, 3.63) is 34.4 Å². The molecule has 0 unspecified atom stereocenters. The van der Waals surface area contributed by atoms with Gasteiger partial charge in [-0.25, -0.2) is 0 Å². The lowest BCUT2D eigenvalue weighted by molar-refractivity contribution is 1.09. The van der Waals surface area contributed by atoms with Crippen LogP contribution in [-0.4, -0.2) is 27.2 Å². The fourth-order valence-electron chi connectivity index (χ4n) is 1.77. The number of fused-ring (bicyclic) bond motifs is 1. The molecular weight excluding hydrogens is 299 g/mol. The summed E-state index contributed by atoms with van der Waals surface area (Å²) in [5.74, 6) is 1.07. The number of anilines is 3. The Labute approximate surface area is 124 Å². The van der Waals surface area contributed by atoms with E-state index in [0.717, 1.165) is 5.39 Å². The molecule has 0 bridgehead atoms. The van der Waals surface area contributed by atoms with Gasteiger partial charge in [0.15, 0.2) is 5.65 Å². The molecule has 102 valence electrons. The van der Waals surface area contributed by atoms with Crippen LogP contribution in [-0.2, 0) is 0 Å². The standard InChI is InChI=1S/C12H10Cl2N6/c1-15-12-18-10(6-5-16-20-11(6)19-12)17-8-4-2-3-7(13)9(8)14/h2-5H,1H3,(H3,15,16,17,18,19,20). The highest BCUT2D eigenvalue weighted by Gasteiger charge is 2.11. The maximum atomic E-state index is 6.16. The van der Waals surface area contributed by atoms with E-state index in [1.807, 2.05) is 12.1 Å². The quantitative estimate of drug-likeness (QED) is 0.690. The first kappa shape index (κ1) is 13.0. The van der Waals surface area contributed by atoms with Crippen molar-refractivity contribution < 1.29 is 0 Å². The fraction of sp³-hybridized carbons (Fsp3) is 0.0833. The summed E-state index contributed by atoms with van der Waals surface area (Å²) >= 11 is 12.2. The van der Waals surface area contributed by atoms with Crippen molar-refractivity contribution >= 4 is 51.7 Å². The van der Waals surface area contributed by atoms with Gasteiger partial charge in [0.05, 0.1) is 27.3 Å². The summed E-state index contributed by atoms with van der Waals surface area (Å²) < 4.78 is 0. The zero-order chi connectivity index (χ0) is 14.1. The lowest BCUT2D eigenvalue weighted by Crippen LogP contribution is -2.01. The van der Waals surface area contributed by atoms with Crippen LogP contribution in [0.15, 0.2) is 24.4 Å². The van der Waals surface area contributed by atoms with E-state index in [1.54, 1.807) is 19.3 Å². The van der Waals surface area contributed by atoms with E-state index in [1.165, 1.54) is 0 Å². The summed E-state index contributed by atoms with van der Waals surface area (Å²) in [5.41, 5.74) is 1.30. The third kappa shape index (κ3) is 2.23. The van der Waals surface area contributed by atoms with Gasteiger partial charge in [-0.15, -0.1) is 0 Å². The molecule has 2 aromatic heterocycles. The number of aromatic amines is 1. The highest BCUT2D eigenvalue weighted by atomic mass is 35.5. The number of rotatable bonds is 3. The summed E-state index contributed by atoms with van der Waals surface area (Å²) in [5, 5.41) is 14.5. The second-order valence-corrected chi connectivity index (χ2v) is 4.79. The van der Waals surface area contributed by atoms with Crippen LogP contribution >= 0.6 is 23.2 Å². The highest BCUT2D eigenvalue weighted by molar-refractivity contribution is 6.43. The zero-order valence-corrected chi connectivity index (χ0v) is 11.9. The van der Waals surface area contributed by atoms with Crippen LogP contribution in [0.1, 0.15) is 0 Å². The van der Waals surface area contributed by atoms with Crippen molar-refractivity contribution in [1.82, 2.24) is 20.2 Å². The van der Waals surface area contributed by atoms with E-state index in [-0.39, 0.29) is 0 Å². The molecule has 0 spiro atoms. The summed E-state index contributed by atoms with van der Waals surface area (Å²) in [6.45, 7) is 0. The molecule has 0 aliphatic heterocycles. The molecule has 0 saturated heterocycles. The number of aromatic nitrogens is 4. The number of H-pyrrole nitrogens is 1. The highest BCUT2D eigenvalue weighted by Crippen LogP contribution is 2.33. The Kier molecular flexibility index (Phi) is 3.33. The number of hydrogen-bond donors (Lipinski definition) is 3. The van der Waals surface area contributed by atoms with Crippen molar-refractivity contribution in [2.75, 3.05) is 17.7 Å².